The minimum absolute atomic E-state index is 0.197. The highest BCUT2D eigenvalue weighted by atomic mass is 16.1. The molecule has 0 fully saturated rings. The number of carbonyl (C=O) groups excluding carboxylic acids is 1. The molecule has 0 aromatic heterocycles. The Hall–Kier alpha value is -1.03. The molecule has 0 aliphatic heterocycles. The summed E-state index contributed by atoms with van der Waals surface area (Å²) in [6.07, 6.45) is 5.10. The van der Waals surface area contributed by atoms with Crippen LogP contribution in [0.1, 0.15) is 13.3 Å². The number of terminal acetylenes is 1. The summed E-state index contributed by atoms with van der Waals surface area (Å²) in [5.74, 6) is 1.80. The lowest BCUT2D eigenvalue weighted by atomic mass is 10.2. The Labute approximate surface area is 49.4 Å². The molecule has 0 aliphatic carbocycles. The van der Waals surface area contributed by atoms with Crippen LogP contribution in [0.2, 0.25) is 0 Å². The first kappa shape index (κ1) is 6.97. The lowest BCUT2D eigenvalue weighted by Crippen LogP contribution is -1.91. The Bertz CT molecular complexity index is 148. The highest BCUT2D eigenvalue weighted by molar-refractivity contribution is 5.96. The molecule has 0 unspecified atom stereocenters. The van der Waals surface area contributed by atoms with Crippen LogP contribution < -0.4 is 0 Å². The molecule has 0 saturated heterocycles. The molecule has 0 saturated carbocycles. The van der Waals surface area contributed by atoms with Crippen molar-refractivity contribution < 1.29 is 4.79 Å². The quantitative estimate of drug-likeness (QED) is 0.294. The van der Waals surface area contributed by atoms with Crippen LogP contribution in [0.3, 0.4) is 0 Å². The van der Waals surface area contributed by atoms with E-state index in [1.807, 2.05) is 5.92 Å². The van der Waals surface area contributed by atoms with E-state index >= 15 is 0 Å². The van der Waals surface area contributed by atoms with Crippen LogP contribution in [0.25, 0.3) is 0 Å². The third-order valence-electron chi connectivity index (χ3n) is 0.623. The highest BCUT2D eigenvalue weighted by Gasteiger charge is 1.93. The van der Waals surface area contributed by atoms with Crippen molar-refractivity contribution in [3.63, 3.8) is 0 Å². The molecule has 0 N–H and O–H groups in total. The molecule has 0 amide bonds. The Balaban J connectivity index is 3.61. The molecule has 0 atom stereocenters. The Morgan fingerprint density at radius 2 is 2.38 bits per heavy atom. The first-order valence-electron chi connectivity index (χ1n) is 2.30. The van der Waals surface area contributed by atoms with Gasteiger partial charge in [0, 0.05) is 6.42 Å². The lowest BCUT2D eigenvalue weighted by molar-refractivity contribution is -0.113. The summed E-state index contributed by atoms with van der Waals surface area (Å²) < 4.78 is 0. The summed E-state index contributed by atoms with van der Waals surface area (Å²) in [7, 11) is 0. The Morgan fingerprint density at radius 3 is 2.50 bits per heavy atom. The van der Waals surface area contributed by atoms with Crippen molar-refractivity contribution in [1.82, 2.24) is 0 Å². The molecule has 0 aromatic rings. The molecule has 1 nitrogen and oxygen atoms in total. The van der Waals surface area contributed by atoms with E-state index in [4.69, 9.17) is 6.42 Å². The monoisotopic (exact) mass is 108 g/mol. The van der Waals surface area contributed by atoms with E-state index in [0.29, 0.717) is 6.42 Å². The van der Waals surface area contributed by atoms with Crippen molar-refractivity contribution in [3.8, 4) is 12.3 Å². The maximum Gasteiger partial charge on any atom is 0.209 e. The maximum atomic E-state index is 10.3. The summed E-state index contributed by atoms with van der Waals surface area (Å²) in [6, 6.07) is 0. The van der Waals surface area contributed by atoms with Crippen LogP contribution in [0.5, 0.6) is 0 Å². The number of rotatable bonds is 2. The molecule has 0 spiro atoms. The molecule has 0 radical (unpaired) electrons. The van der Waals surface area contributed by atoms with Gasteiger partial charge in [-0.3, -0.25) is 4.79 Å². The van der Waals surface area contributed by atoms with Gasteiger partial charge in [-0.15, -0.1) is 6.42 Å². The largest absolute Gasteiger partial charge is 0.285 e. The van der Waals surface area contributed by atoms with Gasteiger partial charge in [-0.25, -0.2) is 0 Å². The van der Waals surface area contributed by atoms with E-state index in [1.54, 1.807) is 6.92 Å². The second-order valence-electron chi connectivity index (χ2n) is 1.70. The highest BCUT2D eigenvalue weighted by Crippen LogP contribution is 1.93. The lowest BCUT2D eigenvalue weighted by Gasteiger charge is -1.87. The van der Waals surface area contributed by atoms with Crippen LogP contribution in [0.15, 0.2) is 12.2 Å². The molecule has 0 bridgehead atoms. The Morgan fingerprint density at radius 1 is 1.88 bits per heavy atom. The summed E-state index contributed by atoms with van der Waals surface area (Å²) in [5.41, 5.74) is 0.813. The summed E-state index contributed by atoms with van der Waals surface area (Å²) in [4.78, 5) is 10.3. The molecule has 42 valence electrons. The fraction of sp³-hybridized carbons (Fsp3) is 0.286. The van der Waals surface area contributed by atoms with Crippen LogP contribution in [-0.4, -0.2) is 5.78 Å². The van der Waals surface area contributed by atoms with Crippen LogP contribution >= 0.6 is 0 Å². The van der Waals surface area contributed by atoms with E-state index in [-0.39, 0.29) is 5.78 Å². The maximum absolute atomic E-state index is 10.3. The molecule has 8 heavy (non-hydrogen) atoms. The summed E-state index contributed by atoms with van der Waals surface area (Å²) in [5, 5.41) is 0. The minimum Gasteiger partial charge on any atom is -0.285 e. The van der Waals surface area contributed by atoms with Gasteiger partial charge in [0.15, 0.2) is 0 Å². The average molecular weight is 108 g/mol. The predicted octanol–water partition coefficient (Wildman–Crippen LogP) is 1.15. The Kier molecular flexibility index (Phi) is 2.64. The fourth-order valence-corrected chi connectivity index (χ4v) is 0.325. The zero-order chi connectivity index (χ0) is 6.57. The van der Waals surface area contributed by atoms with E-state index in [9.17, 15) is 4.79 Å². The van der Waals surface area contributed by atoms with Gasteiger partial charge in [-0.2, -0.15) is 0 Å². The van der Waals surface area contributed by atoms with Crippen molar-refractivity contribution in [2.24, 2.45) is 0 Å². The number of carbonyl (C=O) groups is 1. The average Bonchev–Trinajstić information content (AvgIpc) is 1.65. The third-order valence-corrected chi connectivity index (χ3v) is 0.623. The topological polar surface area (TPSA) is 17.1 Å². The zero-order valence-electron chi connectivity index (χ0n) is 4.90. The molecular weight excluding hydrogens is 100 g/mol. The molecule has 1 heteroatoms. The van der Waals surface area contributed by atoms with Gasteiger partial charge in [0.25, 0.3) is 0 Å². The fourth-order valence-electron chi connectivity index (χ4n) is 0.325. The van der Waals surface area contributed by atoms with Crippen LogP contribution in [0.4, 0.5) is 0 Å². The van der Waals surface area contributed by atoms with Crippen molar-refractivity contribution >= 4 is 5.78 Å². The van der Waals surface area contributed by atoms with Crippen LogP contribution in [-0.2, 0) is 4.79 Å². The molecule has 0 aromatic carbocycles. The van der Waals surface area contributed by atoms with Gasteiger partial charge in [0.2, 0.25) is 5.78 Å². The smallest absolute Gasteiger partial charge is 0.209 e. The van der Waals surface area contributed by atoms with Gasteiger partial charge in [0.1, 0.15) is 0 Å². The first-order chi connectivity index (χ1) is 3.66. The first-order valence-corrected chi connectivity index (χ1v) is 2.30. The molecular formula is C7H8O. The SMILES string of the molecule is C#CC(=O)CC(=C)C. The number of hydrogen-bond acceptors (Lipinski definition) is 1. The van der Waals surface area contributed by atoms with E-state index in [2.05, 4.69) is 6.58 Å². The normalized spacial score (nSPS) is 7.50. The zero-order valence-corrected chi connectivity index (χ0v) is 4.90. The van der Waals surface area contributed by atoms with Crippen molar-refractivity contribution in [2.45, 2.75) is 13.3 Å². The predicted molar refractivity (Wildman–Crippen MR) is 33.3 cm³/mol. The third kappa shape index (κ3) is 3.17. The van der Waals surface area contributed by atoms with Gasteiger partial charge in [-0.1, -0.05) is 12.2 Å². The number of Topliss-reactive ketones (excluding diaryl/α,β-unsaturated/α-hetero) is 1. The number of ketones is 1. The van der Waals surface area contributed by atoms with Crippen molar-refractivity contribution in [2.75, 3.05) is 0 Å². The van der Waals surface area contributed by atoms with Crippen molar-refractivity contribution in [3.05, 3.63) is 12.2 Å². The van der Waals surface area contributed by atoms with E-state index in [1.165, 1.54) is 0 Å². The molecule has 0 aliphatic rings. The van der Waals surface area contributed by atoms with E-state index < -0.39 is 0 Å². The summed E-state index contributed by atoms with van der Waals surface area (Å²) >= 11 is 0. The second kappa shape index (κ2) is 3.04. The van der Waals surface area contributed by atoms with Gasteiger partial charge >= 0.3 is 0 Å². The summed E-state index contributed by atoms with van der Waals surface area (Å²) in [6.45, 7) is 5.30. The number of allylic oxidation sites excluding steroid dienone is 1. The van der Waals surface area contributed by atoms with Crippen LogP contribution in [0, 0.1) is 12.3 Å². The van der Waals surface area contributed by atoms with Crippen molar-refractivity contribution in [1.29, 1.82) is 0 Å². The minimum atomic E-state index is -0.197. The molecule has 0 heterocycles. The van der Waals surface area contributed by atoms with Gasteiger partial charge in [-0.05, 0) is 12.8 Å². The van der Waals surface area contributed by atoms with Gasteiger partial charge in [0.05, 0.1) is 0 Å². The molecule has 0 rings (SSSR count). The van der Waals surface area contributed by atoms with E-state index in [0.717, 1.165) is 5.57 Å². The second-order valence-corrected chi connectivity index (χ2v) is 1.70. The number of hydrogen-bond donors (Lipinski definition) is 0. The van der Waals surface area contributed by atoms with Gasteiger partial charge < -0.3 is 0 Å². The standard InChI is InChI=1S/C7H8O/c1-4-7(8)5-6(2)3/h1H,2,5H2,3H3.